The molecule has 0 aliphatic rings. The standard InChI is InChI=1S/C44H26N6/c1-3-11-27(12-4-1)39-41(49-37-17-9-7-15-35(37)47-39)29-19-21-31-33(25-29)34-26-30(20-22-32(34)44-43(31)45-23-24-46-44)42-40(28-13-5-2-6-14-28)48-36-16-8-10-18-38(36)50-42/h1-26H. The summed E-state index contributed by atoms with van der Waals surface area (Å²) >= 11 is 0. The molecule has 50 heavy (non-hydrogen) atoms. The number of benzene rings is 7. The normalized spacial score (nSPS) is 11.6. The lowest BCUT2D eigenvalue weighted by molar-refractivity contribution is 1.29. The fourth-order valence-corrected chi connectivity index (χ4v) is 6.97. The van der Waals surface area contributed by atoms with Crippen molar-refractivity contribution in [2.75, 3.05) is 0 Å². The monoisotopic (exact) mass is 638 g/mol. The third-order valence-electron chi connectivity index (χ3n) is 9.32. The first-order chi connectivity index (χ1) is 24.8. The second kappa shape index (κ2) is 11.4. The molecule has 6 nitrogen and oxygen atoms in total. The Kier molecular flexibility index (Phi) is 6.39. The number of hydrogen-bond donors (Lipinski definition) is 0. The maximum absolute atomic E-state index is 5.20. The number of fused-ring (bicyclic) bond motifs is 8. The van der Waals surface area contributed by atoms with Gasteiger partial charge in [-0.2, -0.15) is 0 Å². The van der Waals surface area contributed by atoms with E-state index >= 15 is 0 Å². The Balaban J connectivity index is 1.27. The van der Waals surface area contributed by atoms with Crippen LogP contribution in [0.25, 0.3) is 99.7 Å². The van der Waals surface area contributed by atoms with Crippen molar-refractivity contribution in [3.63, 3.8) is 0 Å². The van der Waals surface area contributed by atoms with Crippen LogP contribution in [0.15, 0.2) is 158 Å². The van der Waals surface area contributed by atoms with Crippen LogP contribution in [0.2, 0.25) is 0 Å². The third kappa shape index (κ3) is 4.58. The molecule has 0 fully saturated rings. The van der Waals surface area contributed by atoms with E-state index in [2.05, 4.69) is 60.7 Å². The van der Waals surface area contributed by atoms with Crippen molar-refractivity contribution in [3.8, 4) is 45.0 Å². The largest absolute Gasteiger partial charge is 0.252 e. The van der Waals surface area contributed by atoms with Crippen molar-refractivity contribution in [2.45, 2.75) is 0 Å². The number of para-hydroxylation sites is 4. The molecule has 0 spiro atoms. The highest BCUT2D eigenvalue weighted by molar-refractivity contribution is 6.24. The Bertz CT molecular complexity index is 2720. The Morgan fingerprint density at radius 1 is 0.280 bits per heavy atom. The first-order valence-electron chi connectivity index (χ1n) is 16.5. The van der Waals surface area contributed by atoms with Crippen LogP contribution in [0.3, 0.4) is 0 Å². The van der Waals surface area contributed by atoms with E-state index in [1.165, 1.54) is 0 Å². The maximum atomic E-state index is 5.20. The van der Waals surface area contributed by atoms with Gasteiger partial charge in [0.2, 0.25) is 0 Å². The molecule has 7 aromatic carbocycles. The van der Waals surface area contributed by atoms with E-state index in [9.17, 15) is 0 Å². The van der Waals surface area contributed by atoms with Crippen molar-refractivity contribution in [1.29, 1.82) is 0 Å². The summed E-state index contributed by atoms with van der Waals surface area (Å²) in [4.78, 5) is 30.3. The molecule has 3 aromatic heterocycles. The minimum absolute atomic E-state index is 0.826. The Morgan fingerprint density at radius 2 is 0.620 bits per heavy atom. The molecule has 0 N–H and O–H groups in total. The molecular formula is C44H26N6. The van der Waals surface area contributed by atoms with Gasteiger partial charge < -0.3 is 0 Å². The van der Waals surface area contributed by atoms with Crippen molar-refractivity contribution in [2.24, 2.45) is 0 Å². The number of aromatic nitrogens is 6. The topological polar surface area (TPSA) is 77.3 Å². The van der Waals surface area contributed by atoms with Crippen LogP contribution < -0.4 is 0 Å². The Labute approximate surface area is 286 Å². The smallest absolute Gasteiger partial charge is 0.0973 e. The molecule has 0 bridgehead atoms. The fraction of sp³-hybridized carbons (Fsp3) is 0. The van der Waals surface area contributed by atoms with Crippen LogP contribution in [0.4, 0.5) is 0 Å². The van der Waals surface area contributed by atoms with Gasteiger partial charge in [0.1, 0.15) is 0 Å². The average molecular weight is 639 g/mol. The van der Waals surface area contributed by atoms with Crippen molar-refractivity contribution in [3.05, 3.63) is 158 Å². The first kappa shape index (κ1) is 28.1. The lowest BCUT2D eigenvalue weighted by atomic mass is 9.93. The molecule has 0 unspecified atom stereocenters. The number of rotatable bonds is 4. The molecule has 0 atom stereocenters. The van der Waals surface area contributed by atoms with Gasteiger partial charge in [-0.05, 0) is 47.2 Å². The molecular weight excluding hydrogens is 613 g/mol. The Hall–Kier alpha value is -6.92. The van der Waals surface area contributed by atoms with Crippen LogP contribution >= 0.6 is 0 Å². The van der Waals surface area contributed by atoms with Gasteiger partial charge in [0, 0.05) is 45.4 Å². The van der Waals surface area contributed by atoms with Crippen LogP contribution in [-0.4, -0.2) is 29.9 Å². The molecule has 10 rings (SSSR count). The van der Waals surface area contributed by atoms with Gasteiger partial charge in [-0.15, -0.1) is 0 Å². The summed E-state index contributed by atoms with van der Waals surface area (Å²) < 4.78 is 0. The molecule has 3 heterocycles. The molecule has 0 saturated heterocycles. The van der Waals surface area contributed by atoms with E-state index in [4.69, 9.17) is 29.9 Å². The highest BCUT2D eigenvalue weighted by Gasteiger charge is 2.19. The van der Waals surface area contributed by atoms with Gasteiger partial charge in [0.05, 0.1) is 55.9 Å². The van der Waals surface area contributed by atoms with Gasteiger partial charge in [-0.1, -0.05) is 109 Å². The van der Waals surface area contributed by atoms with Gasteiger partial charge in [0.25, 0.3) is 0 Å². The van der Waals surface area contributed by atoms with Crippen molar-refractivity contribution < 1.29 is 0 Å². The zero-order chi connectivity index (χ0) is 33.0. The highest BCUT2D eigenvalue weighted by Crippen LogP contribution is 2.40. The summed E-state index contributed by atoms with van der Waals surface area (Å²) in [7, 11) is 0. The summed E-state index contributed by atoms with van der Waals surface area (Å²) in [6.45, 7) is 0. The second-order valence-electron chi connectivity index (χ2n) is 12.3. The minimum atomic E-state index is 0.826. The number of nitrogens with zero attached hydrogens (tertiary/aromatic N) is 6. The molecule has 0 radical (unpaired) electrons. The zero-order valence-corrected chi connectivity index (χ0v) is 26.7. The van der Waals surface area contributed by atoms with Gasteiger partial charge in [-0.25, -0.2) is 19.9 Å². The predicted molar refractivity (Wildman–Crippen MR) is 202 cm³/mol. The number of hydrogen-bond acceptors (Lipinski definition) is 6. The van der Waals surface area contributed by atoms with E-state index < -0.39 is 0 Å². The van der Waals surface area contributed by atoms with Crippen molar-refractivity contribution >= 4 is 54.6 Å². The summed E-state index contributed by atoms with van der Waals surface area (Å²) in [5.41, 5.74) is 12.4. The van der Waals surface area contributed by atoms with Gasteiger partial charge >= 0.3 is 0 Å². The van der Waals surface area contributed by atoms with E-state index in [-0.39, 0.29) is 0 Å². The van der Waals surface area contributed by atoms with Crippen LogP contribution in [-0.2, 0) is 0 Å². The molecule has 0 aliphatic carbocycles. The molecule has 10 aromatic rings. The third-order valence-corrected chi connectivity index (χ3v) is 9.32. The molecule has 0 amide bonds. The van der Waals surface area contributed by atoms with Gasteiger partial charge in [0.15, 0.2) is 0 Å². The zero-order valence-electron chi connectivity index (χ0n) is 26.7. The lowest BCUT2D eigenvalue weighted by Gasteiger charge is -2.15. The molecule has 0 saturated carbocycles. The lowest BCUT2D eigenvalue weighted by Crippen LogP contribution is -1.97. The van der Waals surface area contributed by atoms with E-state index in [1.54, 1.807) is 12.4 Å². The molecule has 6 heteroatoms. The van der Waals surface area contributed by atoms with Crippen LogP contribution in [0, 0.1) is 0 Å². The first-order valence-corrected chi connectivity index (χ1v) is 16.5. The summed E-state index contributed by atoms with van der Waals surface area (Å²) in [6.07, 6.45) is 3.52. The highest BCUT2D eigenvalue weighted by atomic mass is 14.8. The summed E-state index contributed by atoms with van der Waals surface area (Å²) in [6, 6.07) is 49.6. The minimum Gasteiger partial charge on any atom is -0.252 e. The van der Waals surface area contributed by atoms with Crippen LogP contribution in [0.5, 0.6) is 0 Å². The van der Waals surface area contributed by atoms with E-state index in [0.29, 0.717) is 0 Å². The quantitative estimate of drug-likeness (QED) is 0.179. The van der Waals surface area contributed by atoms with Crippen molar-refractivity contribution in [1.82, 2.24) is 29.9 Å². The second-order valence-corrected chi connectivity index (χ2v) is 12.3. The van der Waals surface area contributed by atoms with Gasteiger partial charge in [-0.3, -0.25) is 9.97 Å². The predicted octanol–water partition coefficient (Wildman–Crippen LogP) is 10.5. The fourth-order valence-electron chi connectivity index (χ4n) is 6.97. The summed E-state index contributed by atoms with van der Waals surface area (Å²) in [5, 5.41) is 4.14. The molecule has 0 aliphatic heterocycles. The summed E-state index contributed by atoms with van der Waals surface area (Å²) in [5.74, 6) is 0. The maximum Gasteiger partial charge on any atom is 0.0973 e. The average Bonchev–Trinajstić information content (AvgIpc) is 3.20. The van der Waals surface area contributed by atoms with Crippen LogP contribution in [0.1, 0.15) is 0 Å². The van der Waals surface area contributed by atoms with E-state index in [1.807, 2.05) is 84.9 Å². The Morgan fingerprint density at radius 3 is 1.00 bits per heavy atom. The molecule has 232 valence electrons. The van der Waals surface area contributed by atoms with E-state index in [0.717, 1.165) is 99.7 Å². The SMILES string of the molecule is c1ccc(-c2nc3ccccc3nc2-c2ccc3c(c2)c2cc(-c4nc5ccccc5nc4-c4ccccc4)ccc2c2nccnc32)cc1.